The Balaban J connectivity index is 2.25. The first-order chi connectivity index (χ1) is 14.2. The molecule has 30 heavy (non-hydrogen) atoms. The molecule has 0 aliphatic heterocycles. The zero-order chi connectivity index (χ0) is 22.3. The highest BCUT2D eigenvalue weighted by Crippen LogP contribution is 2.13. The van der Waals surface area contributed by atoms with Gasteiger partial charge in [0.25, 0.3) is 5.91 Å². The number of hydrogen-bond acceptors (Lipinski definition) is 4. The molecule has 0 bridgehead atoms. The van der Waals surface area contributed by atoms with Gasteiger partial charge in [0.1, 0.15) is 23.2 Å². The average Bonchev–Trinajstić information content (AvgIpc) is 2.67. The van der Waals surface area contributed by atoms with Crippen molar-refractivity contribution in [3.63, 3.8) is 0 Å². The second-order valence-corrected chi connectivity index (χ2v) is 7.47. The Bertz CT molecular complexity index is 845. The van der Waals surface area contributed by atoms with Gasteiger partial charge < -0.3 is 20.7 Å². The van der Waals surface area contributed by atoms with E-state index in [1.54, 1.807) is 30.3 Å². The normalized spacial score (nSPS) is 12.9. The largest absolute Gasteiger partial charge is 0.475 e. The Morgan fingerprint density at radius 1 is 0.967 bits per heavy atom. The lowest BCUT2D eigenvalue weighted by atomic mass is 9.75. The predicted octanol–water partition coefficient (Wildman–Crippen LogP) is 1.85. The molecule has 160 valence electrons. The van der Waals surface area contributed by atoms with Crippen molar-refractivity contribution in [3.05, 3.63) is 71.3 Å². The SMILES string of the molecule is CC(C)CC(NC(=O)C(Cc1ccccc1)NC(=O)c1c(F)cccc1F)B(O)O. The minimum absolute atomic E-state index is 0.0460. The minimum atomic E-state index is -1.80. The molecule has 9 heteroatoms. The Morgan fingerprint density at radius 2 is 1.57 bits per heavy atom. The molecule has 0 aromatic heterocycles. The van der Waals surface area contributed by atoms with Gasteiger partial charge in [-0.15, -0.1) is 0 Å². The topological polar surface area (TPSA) is 98.7 Å². The fourth-order valence-corrected chi connectivity index (χ4v) is 3.05. The third-order valence-corrected chi connectivity index (χ3v) is 4.51. The van der Waals surface area contributed by atoms with Gasteiger partial charge in [-0.3, -0.25) is 9.59 Å². The molecular formula is C21H25BF2N2O4. The van der Waals surface area contributed by atoms with E-state index >= 15 is 0 Å². The molecule has 0 fully saturated rings. The lowest BCUT2D eigenvalue weighted by Gasteiger charge is -2.24. The summed E-state index contributed by atoms with van der Waals surface area (Å²) in [6.45, 7) is 3.71. The molecule has 4 N–H and O–H groups in total. The average molecular weight is 418 g/mol. The minimum Gasteiger partial charge on any atom is -0.426 e. The highest BCUT2D eigenvalue weighted by atomic mass is 19.1. The molecule has 2 amide bonds. The summed E-state index contributed by atoms with van der Waals surface area (Å²) in [7, 11) is -1.80. The van der Waals surface area contributed by atoms with E-state index in [4.69, 9.17) is 0 Å². The van der Waals surface area contributed by atoms with Crippen LogP contribution in [-0.2, 0) is 11.2 Å². The van der Waals surface area contributed by atoms with Gasteiger partial charge >= 0.3 is 7.12 Å². The lowest BCUT2D eigenvalue weighted by Crippen LogP contribution is -2.55. The molecule has 0 saturated heterocycles. The van der Waals surface area contributed by atoms with E-state index in [2.05, 4.69) is 10.6 Å². The number of benzene rings is 2. The molecule has 2 aromatic carbocycles. The first kappa shape index (κ1) is 23.5. The Kier molecular flexibility index (Phi) is 8.50. The van der Waals surface area contributed by atoms with E-state index in [0.717, 1.165) is 18.2 Å². The van der Waals surface area contributed by atoms with Crippen molar-refractivity contribution in [2.75, 3.05) is 0 Å². The predicted molar refractivity (Wildman–Crippen MR) is 109 cm³/mol. The van der Waals surface area contributed by atoms with E-state index < -0.39 is 48.1 Å². The van der Waals surface area contributed by atoms with E-state index in [-0.39, 0.29) is 18.8 Å². The second-order valence-electron chi connectivity index (χ2n) is 7.47. The van der Waals surface area contributed by atoms with Crippen LogP contribution in [-0.4, -0.2) is 41.0 Å². The van der Waals surface area contributed by atoms with Crippen molar-refractivity contribution >= 4 is 18.9 Å². The maximum absolute atomic E-state index is 14.0. The van der Waals surface area contributed by atoms with Gasteiger partial charge in [-0.1, -0.05) is 50.2 Å². The summed E-state index contributed by atoms with van der Waals surface area (Å²) in [5, 5.41) is 24.0. The molecule has 0 saturated carbocycles. The number of halogens is 2. The van der Waals surface area contributed by atoms with Crippen molar-refractivity contribution in [2.24, 2.45) is 5.92 Å². The van der Waals surface area contributed by atoms with Gasteiger partial charge in [-0.05, 0) is 30.0 Å². The van der Waals surface area contributed by atoms with Crippen molar-refractivity contribution in [2.45, 2.75) is 38.7 Å². The summed E-state index contributed by atoms with van der Waals surface area (Å²) in [5.41, 5.74) is -0.0822. The Hall–Kier alpha value is -2.78. The van der Waals surface area contributed by atoms with Gasteiger partial charge in [0.05, 0.1) is 5.94 Å². The molecule has 2 atom stereocenters. The van der Waals surface area contributed by atoms with Gasteiger partial charge in [-0.25, -0.2) is 8.78 Å². The molecule has 0 aliphatic carbocycles. The second kappa shape index (κ2) is 10.8. The van der Waals surface area contributed by atoms with Crippen LogP contribution in [0.2, 0.25) is 0 Å². The van der Waals surface area contributed by atoms with Crippen LogP contribution >= 0.6 is 0 Å². The van der Waals surface area contributed by atoms with Gasteiger partial charge in [0, 0.05) is 6.42 Å². The van der Waals surface area contributed by atoms with E-state index in [1.807, 2.05) is 13.8 Å². The highest BCUT2D eigenvalue weighted by molar-refractivity contribution is 6.43. The first-order valence-electron chi connectivity index (χ1n) is 9.64. The van der Waals surface area contributed by atoms with Crippen LogP contribution in [0.25, 0.3) is 0 Å². The highest BCUT2D eigenvalue weighted by Gasteiger charge is 2.31. The summed E-state index contributed by atoms with van der Waals surface area (Å²) in [4.78, 5) is 25.4. The standard InChI is InChI=1S/C21H25BF2N2O4/c1-13(2)11-18(22(29)30)26-20(27)17(12-14-7-4-3-5-8-14)25-21(28)19-15(23)9-6-10-16(19)24/h3-10,13,17-18,29-30H,11-12H2,1-2H3,(H,25,28)(H,26,27). The molecular weight excluding hydrogens is 393 g/mol. The van der Waals surface area contributed by atoms with Gasteiger partial charge in [0.15, 0.2) is 0 Å². The summed E-state index contributed by atoms with van der Waals surface area (Å²) in [5.74, 6) is -4.76. The van der Waals surface area contributed by atoms with E-state index in [9.17, 15) is 28.4 Å². The third-order valence-electron chi connectivity index (χ3n) is 4.51. The number of rotatable bonds is 9. The fraction of sp³-hybridized carbons (Fsp3) is 0.333. The fourth-order valence-electron chi connectivity index (χ4n) is 3.05. The molecule has 0 heterocycles. The number of carbonyl (C=O) groups excluding carboxylic acids is 2. The third kappa shape index (κ3) is 6.64. The zero-order valence-electron chi connectivity index (χ0n) is 16.8. The van der Waals surface area contributed by atoms with Crippen molar-refractivity contribution in [3.8, 4) is 0 Å². The number of carbonyl (C=O) groups is 2. The van der Waals surface area contributed by atoms with Crippen LogP contribution in [0, 0.1) is 17.6 Å². The van der Waals surface area contributed by atoms with Crippen LogP contribution in [0.3, 0.4) is 0 Å². The van der Waals surface area contributed by atoms with E-state index in [0.29, 0.717) is 5.56 Å². The Labute approximate surface area is 174 Å². The molecule has 2 rings (SSSR count). The first-order valence-corrected chi connectivity index (χ1v) is 9.64. The van der Waals surface area contributed by atoms with Crippen molar-refractivity contribution < 1.29 is 28.4 Å². The maximum Gasteiger partial charge on any atom is 0.475 e. The molecule has 0 aliphatic rings. The van der Waals surface area contributed by atoms with Gasteiger partial charge in [0.2, 0.25) is 5.91 Å². The summed E-state index contributed by atoms with van der Waals surface area (Å²) >= 11 is 0. The molecule has 2 unspecified atom stereocenters. The lowest BCUT2D eigenvalue weighted by molar-refractivity contribution is -0.123. The number of nitrogens with one attached hydrogen (secondary N) is 2. The summed E-state index contributed by atoms with van der Waals surface area (Å²) in [6.07, 6.45) is 0.335. The monoisotopic (exact) mass is 418 g/mol. The zero-order valence-corrected chi connectivity index (χ0v) is 16.8. The Morgan fingerprint density at radius 3 is 2.10 bits per heavy atom. The molecule has 0 radical (unpaired) electrons. The van der Waals surface area contributed by atoms with Crippen LogP contribution in [0.1, 0.15) is 36.2 Å². The molecule has 6 nitrogen and oxygen atoms in total. The van der Waals surface area contributed by atoms with Crippen LogP contribution in [0.4, 0.5) is 8.78 Å². The summed E-state index contributed by atoms with van der Waals surface area (Å²) < 4.78 is 27.9. The number of amides is 2. The summed E-state index contributed by atoms with van der Waals surface area (Å²) in [6, 6.07) is 10.6. The van der Waals surface area contributed by atoms with E-state index in [1.165, 1.54) is 0 Å². The number of hydrogen-bond donors (Lipinski definition) is 4. The quantitative estimate of drug-likeness (QED) is 0.468. The van der Waals surface area contributed by atoms with Crippen molar-refractivity contribution in [1.82, 2.24) is 10.6 Å². The molecule has 0 spiro atoms. The van der Waals surface area contributed by atoms with Crippen molar-refractivity contribution in [1.29, 1.82) is 0 Å². The van der Waals surface area contributed by atoms with Gasteiger partial charge in [-0.2, -0.15) is 0 Å². The molecule has 2 aromatic rings. The van der Waals surface area contributed by atoms with Crippen LogP contribution < -0.4 is 10.6 Å². The smallest absolute Gasteiger partial charge is 0.426 e. The van der Waals surface area contributed by atoms with Crippen LogP contribution in [0.5, 0.6) is 0 Å². The van der Waals surface area contributed by atoms with Crippen LogP contribution in [0.15, 0.2) is 48.5 Å². The maximum atomic E-state index is 14.0.